The molecule has 0 bridgehead atoms. The van der Waals surface area contributed by atoms with Crippen molar-refractivity contribution in [1.29, 1.82) is 0 Å². The maximum atomic E-state index is 6.20. The Morgan fingerprint density at radius 2 is 1.76 bits per heavy atom. The molecule has 1 aliphatic rings. The van der Waals surface area contributed by atoms with E-state index in [0.717, 1.165) is 17.1 Å². The largest absolute Gasteiger partial charge is 0.490 e. The molecule has 0 radical (unpaired) electrons. The zero-order chi connectivity index (χ0) is 14.9. The maximum absolute atomic E-state index is 6.20. The van der Waals surface area contributed by atoms with Crippen molar-refractivity contribution in [2.24, 2.45) is 11.3 Å². The molecule has 0 atom stereocenters. The van der Waals surface area contributed by atoms with Crippen LogP contribution in [0.2, 0.25) is 0 Å². The molecule has 0 saturated heterocycles. The van der Waals surface area contributed by atoms with Crippen molar-refractivity contribution >= 4 is 10.8 Å². The summed E-state index contributed by atoms with van der Waals surface area (Å²) in [6, 6.07) is 8.34. The van der Waals surface area contributed by atoms with E-state index < -0.39 is 0 Å². The summed E-state index contributed by atoms with van der Waals surface area (Å²) in [7, 11) is 0. The smallest absolute Gasteiger partial charge is 0.120 e. The van der Waals surface area contributed by atoms with Crippen LogP contribution in [-0.4, -0.2) is 11.1 Å². The van der Waals surface area contributed by atoms with Crippen LogP contribution in [0.1, 0.15) is 46.5 Å². The summed E-state index contributed by atoms with van der Waals surface area (Å²) in [5, 5.41) is 2.37. The van der Waals surface area contributed by atoms with Crippen LogP contribution in [0.3, 0.4) is 0 Å². The molecule has 0 N–H and O–H groups in total. The predicted octanol–water partition coefficient (Wildman–Crippen LogP) is 5.22. The summed E-state index contributed by atoms with van der Waals surface area (Å²) in [5.41, 5.74) is 0.430. The van der Waals surface area contributed by atoms with E-state index in [9.17, 15) is 0 Å². The first kappa shape index (κ1) is 14.4. The van der Waals surface area contributed by atoms with E-state index in [2.05, 4.69) is 44.0 Å². The summed E-state index contributed by atoms with van der Waals surface area (Å²) in [6.45, 7) is 7.07. The number of hydrogen-bond acceptors (Lipinski definition) is 2. The van der Waals surface area contributed by atoms with Crippen LogP contribution in [-0.2, 0) is 0 Å². The fraction of sp³-hybridized carbons (Fsp3) is 0.526. The first-order valence-electron chi connectivity index (χ1n) is 8.03. The lowest BCUT2D eigenvalue weighted by molar-refractivity contribution is 0.0883. The van der Waals surface area contributed by atoms with Crippen molar-refractivity contribution in [2.45, 2.75) is 52.6 Å². The minimum atomic E-state index is 0.373. The topological polar surface area (TPSA) is 22.1 Å². The Hall–Kier alpha value is -1.57. The molecule has 21 heavy (non-hydrogen) atoms. The number of ether oxygens (including phenoxy) is 1. The SMILES string of the molecule is CC(C)(C)C1CCC(Oc2ccc3ccncc3c2)CC1. The zero-order valence-corrected chi connectivity index (χ0v) is 13.3. The monoisotopic (exact) mass is 283 g/mol. The molecule has 1 fully saturated rings. The number of benzene rings is 1. The summed E-state index contributed by atoms with van der Waals surface area (Å²) >= 11 is 0. The van der Waals surface area contributed by atoms with E-state index >= 15 is 0 Å². The van der Waals surface area contributed by atoms with Gasteiger partial charge in [0.15, 0.2) is 0 Å². The van der Waals surface area contributed by atoms with Gasteiger partial charge in [-0.2, -0.15) is 0 Å². The lowest BCUT2D eigenvalue weighted by Gasteiger charge is -2.36. The Balaban J connectivity index is 1.64. The molecule has 2 nitrogen and oxygen atoms in total. The summed E-state index contributed by atoms with van der Waals surface area (Å²) < 4.78 is 6.20. The zero-order valence-electron chi connectivity index (χ0n) is 13.3. The molecule has 112 valence electrons. The van der Waals surface area contributed by atoms with Gasteiger partial charge >= 0.3 is 0 Å². The molecule has 1 aliphatic carbocycles. The number of fused-ring (bicyclic) bond motifs is 1. The van der Waals surface area contributed by atoms with Crippen LogP contribution < -0.4 is 4.74 Å². The fourth-order valence-electron chi connectivity index (χ4n) is 3.38. The molecule has 1 aromatic carbocycles. The van der Waals surface area contributed by atoms with E-state index in [0.29, 0.717) is 11.5 Å². The number of nitrogens with zero attached hydrogens (tertiary/aromatic N) is 1. The van der Waals surface area contributed by atoms with Crippen molar-refractivity contribution in [3.05, 3.63) is 36.7 Å². The molecule has 1 aromatic heterocycles. The van der Waals surface area contributed by atoms with Crippen LogP contribution in [0.5, 0.6) is 5.75 Å². The number of aromatic nitrogens is 1. The Labute approximate surface area is 127 Å². The summed E-state index contributed by atoms with van der Waals surface area (Å²) in [4.78, 5) is 4.18. The lowest BCUT2D eigenvalue weighted by atomic mass is 9.72. The van der Waals surface area contributed by atoms with Crippen molar-refractivity contribution < 1.29 is 4.74 Å². The second-order valence-corrected chi connectivity index (χ2v) is 7.34. The minimum absolute atomic E-state index is 0.373. The molecule has 0 unspecified atom stereocenters. The van der Waals surface area contributed by atoms with Gasteiger partial charge < -0.3 is 4.74 Å². The third-order valence-corrected chi connectivity index (χ3v) is 4.81. The van der Waals surface area contributed by atoms with E-state index in [-0.39, 0.29) is 0 Å². The molecule has 2 aromatic rings. The average molecular weight is 283 g/mol. The van der Waals surface area contributed by atoms with Gasteiger partial charge in [0.05, 0.1) is 6.10 Å². The van der Waals surface area contributed by atoms with E-state index in [4.69, 9.17) is 4.74 Å². The molecule has 0 aliphatic heterocycles. The van der Waals surface area contributed by atoms with Gasteiger partial charge in [0.25, 0.3) is 0 Å². The van der Waals surface area contributed by atoms with Crippen LogP contribution in [0.4, 0.5) is 0 Å². The first-order valence-corrected chi connectivity index (χ1v) is 8.03. The highest BCUT2D eigenvalue weighted by molar-refractivity contribution is 5.82. The quantitative estimate of drug-likeness (QED) is 0.754. The second kappa shape index (κ2) is 5.67. The van der Waals surface area contributed by atoms with Gasteiger partial charge in [-0.25, -0.2) is 0 Å². The fourth-order valence-corrected chi connectivity index (χ4v) is 3.38. The highest BCUT2D eigenvalue weighted by Crippen LogP contribution is 2.38. The second-order valence-electron chi connectivity index (χ2n) is 7.34. The summed E-state index contributed by atoms with van der Waals surface area (Å²) in [6.07, 6.45) is 9.01. The molecular weight excluding hydrogens is 258 g/mol. The van der Waals surface area contributed by atoms with E-state index in [1.54, 1.807) is 0 Å². The van der Waals surface area contributed by atoms with Gasteiger partial charge in [0, 0.05) is 17.8 Å². The Bertz CT molecular complexity index is 606. The predicted molar refractivity (Wildman–Crippen MR) is 87.6 cm³/mol. The third-order valence-electron chi connectivity index (χ3n) is 4.81. The third kappa shape index (κ3) is 3.37. The Morgan fingerprint density at radius 3 is 2.48 bits per heavy atom. The van der Waals surface area contributed by atoms with E-state index in [1.807, 2.05) is 18.5 Å². The van der Waals surface area contributed by atoms with E-state index in [1.165, 1.54) is 31.1 Å². The van der Waals surface area contributed by atoms with Crippen LogP contribution in [0.15, 0.2) is 36.7 Å². The van der Waals surface area contributed by atoms with Crippen molar-refractivity contribution in [2.75, 3.05) is 0 Å². The van der Waals surface area contributed by atoms with Gasteiger partial charge in [-0.05, 0) is 60.6 Å². The standard InChI is InChI=1S/C19H25NO/c1-19(2,3)16-5-8-17(9-6-16)21-18-7-4-14-10-11-20-13-15(14)12-18/h4,7,10-13,16-17H,5-6,8-9H2,1-3H3. The maximum Gasteiger partial charge on any atom is 0.120 e. The molecule has 0 spiro atoms. The van der Waals surface area contributed by atoms with Gasteiger partial charge in [-0.15, -0.1) is 0 Å². The minimum Gasteiger partial charge on any atom is -0.490 e. The lowest BCUT2D eigenvalue weighted by Crippen LogP contribution is -2.30. The van der Waals surface area contributed by atoms with Gasteiger partial charge in [0.1, 0.15) is 5.75 Å². The highest BCUT2D eigenvalue weighted by Gasteiger charge is 2.30. The molecule has 1 heterocycles. The molecule has 3 rings (SSSR count). The molecule has 0 amide bonds. The first-order chi connectivity index (χ1) is 10.0. The van der Waals surface area contributed by atoms with Gasteiger partial charge in [0.2, 0.25) is 0 Å². The van der Waals surface area contributed by atoms with Crippen LogP contribution in [0.25, 0.3) is 10.8 Å². The Kier molecular flexibility index (Phi) is 3.88. The number of pyridine rings is 1. The normalized spacial score (nSPS) is 23.2. The highest BCUT2D eigenvalue weighted by atomic mass is 16.5. The van der Waals surface area contributed by atoms with Gasteiger partial charge in [-0.3, -0.25) is 4.98 Å². The van der Waals surface area contributed by atoms with Crippen LogP contribution >= 0.6 is 0 Å². The Morgan fingerprint density at radius 1 is 1.00 bits per heavy atom. The van der Waals surface area contributed by atoms with Crippen LogP contribution in [0, 0.1) is 11.3 Å². The van der Waals surface area contributed by atoms with Gasteiger partial charge in [-0.1, -0.05) is 26.8 Å². The van der Waals surface area contributed by atoms with Crippen molar-refractivity contribution in [1.82, 2.24) is 4.98 Å². The molecule has 1 saturated carbocycles. The van der Waals surface area contributed by atoms with Crippen molar-refractivity contribution in [3.63, 3.8) is 0 Å². The number of hydrogen-bond donors (Lipinski definition) is 0. The van der Waals surface area contributed by atoms with Crippen molar-refractivity contribution in [3.8, 4) is 5.75 Å². The molecule has 2 heteroatoms. The number of rotatable bonds is 2. The average Bonchev–Trinajstić information content (AvgIpc) is 2.47. The summed E-state index contributed by atoms with van der Waals surface area (Å²) in [5.74, 6) is 1.81. The molecular formula is C19H25NO.